The first-order chi connectivity index (χ1) is 22.2. The first-order valence-electron chi connectivity index (χ1n) is 16.5. The molecule has 4 aromatic carbocycles. The minimum Gasteiger partial charge on any atom is -0.410 e. The van der Waals surface area contributed by atoms with Gasteiger partial charge in [-0.2, -0.15) is 8.42 Å². The standard InChI is InChI=1S/C39H50O5SSi2/c1-36(2,3)46-43-38(29-20-12-8-13-21-29,30-22-14-9-15-23-30)33-28-34(42-45(7,40)41)35(33)39(44-47-37(4,5)6,31-24-16-10-17-25-31)32-26-18-11-19-27-32/h8-27,33-35H,28,46-47H2,1-7H3/t33-,34-,35-/m0/s1. The van der Waals surface area contributed by atoms with Crippen LogP contribution in [-0.2, 0) is 34.4 Å². The summed E-state index contributed by atoms with van der Waals surface area (Å²) in [5.41, 5.74) is 2.22. The maximum Gasteiger partial charge on any atom is 0.264 e. The number of benzene rings is 4. The van der Waals surface area contributed by atoms with Crippen LogP contribution >= 0.6 is 0 Å². The third kappa shape index (κ3) is 7.90. The summed E-state index contributed by atoms with van der Waals surface area (Å²) in [6.07, 6.45) is 1.01. The number of hydrogen-bond acceptors (Lipinski definition) is 5. The summed E-state index contributed by atoms with van der Waals surface area (Å²) < 4.78 is 47.0. The summed E-state index contributed by atoms with van der Waals surface area (Å²) in [4.78, 5) is 0. The first-order valence-corrected chi connectivity index (χ1v) is 20.9. The van der Waals surface area contributed by atoms with Crippen molar-refractivity contribution in [1.82, 2.24) is 0 Å². The van der Waals surface area contributed by atoms with E-state index in [4.69, 9.17) is 13.0 Å². The van der Waals surface area contributed by atoms with E-state index in [0.29, 0.717) is 6.42 Å². The lowest BCUT2D eigenvalue weighted by molar-refractivity contribution is -0.170. The highest BCUT2D eigenvalue weighted by Gasteiger charge is 2.64. The minimum atomic E-state index is -3.80. The zero-order valence-electron chi connectivity index (χ0n) is 28.8. The summed E-state index contributed by atoms with van der Waals surface area (Å²) in [5.74, 6) is -0.602. The van der Waals surface area contributed by atoms with Crippen LogP contribution in [0.15, 0.2) is 121 Å². The second-order valence-electron chi connectivity index (χ2n) is 15.3. The molecule has 0 N–H and O–H groups in total. The molecule has 0 amide bonds. The number of hydrogen-bond donors (Lipinski definition) is 0. The Labute approximate surface area is 287 Å². The highest BCUT2D eigenvalue weighted by Crippen LogP contribution is 2.62. The van der Waals surface area contributed by atoms with Crippen LogP contribution in [0.5, 0.6) is 0 Å². The van der Waals surface area contributed by atoms with Gasteiger partial charge in [-0.05, 0) is 38.8 Å². The zero-order valence-corrected chi connectivity index (χ0v) is 32.5. The van der Waals surface area contributed by atoms with Gasteiger partial charge in [0.05, 0.1) is 12.4 Å². The summed E-state index contributed by atoms with van der Waals surface area (Å²) >= 11 is 0. The summed E-state index contributed by atoms with van der Waals surface area (Å²) in [6.45, 7) is 13.4. The summed E-state index contributed by atoms with van der Waals surface area (Å²) in [5, 5.41) is -0.0326. The maximum absolute atomic E-state index is 13.0. The average molecular weight is 687 g/mol. The molecule has 0 aliphatic heterocycles. The van der Waals surface area contributed by atoms with E-state index in [1.165, 1.54) is 0 Å². The quantitative estimate of drug-likeness (QED) is 0.114. The Morgan fingerprint density at radius 1 is 0.553 bits per heavy atom. The van der Waals surface area contributed by atoms with Gasteiger partial charge in [0, 0.05) is 11.8 Å². The molecule has 0 unspecified atom stereocenters. The fourth-order valence-corrected chi connectivity index (χ4v) is 10.0. The number of rotatable bonds is 12. The van der Waals surface area contributed by atoms with E-state index in [9.17, 15) is 8.42 Å². The molecule has 1 aliphatic carbocycles. The zero-order chi connectivity index (χ0) is 33.9. The van der Waals surface area contributed by atoms with Gasteiger partial charge in [-0.25, -0.2) is 0 Å². The van der Waals surface area contributed by atoms with Gasteiger partial charge >= 0.3 is 0 Å². The molecule has 0 bridgehead atoms. The molecule has 0 aromatic heterocycles. The van der Waals surface area contributed by atoms with Crippen molar-refractivity contribution < 1.29 is 21.5 Å². The Balaban J connectivity index is 1.86. The topological polar surface area (TPSA) is 61.8 Å². The van der Waals surface area contributed by atoms with Crippen molar-refractivity contribution in [2.75, 3.05) is 6.26 Å². The van der Waals surface area contributed by atoms with Crippen LogP contribution in [0.4, 0.5) is 0 Å². The highest BCUT2D eigenvalue weighted by molar-refractivity contribution is 7.86. The molecule has 3 atom stereocenters. The van der Waals surface area contributed by atoms with Crippen LogP contribution in [0.2, 0.25) is 10.1 Å². The molecule has 1 aliphatic rings. The average Bonchev–Trinajstić information content (AvgIpc) is 3.02. The third-order valence-corrected chi connectivity index (χ3v) is 12.4. The largest absolute Gasteiger partial charge is 0.410 e. The van der Waals surface area contributed by atoms with Crippen LogP contribution in [0.25, 0.3) is 0 Å². The van der Waals surface area contributed by atoms with Gasteiger partial charge in [-0.1, -0.05) is 163 Å². The smallest absolute Gasteiger partial charge is 0.264 e. The van der Waals surface area contributed by atoms with Gasteiger partial charge in [-0.3, -0.25) is 4.18 Å². The van der Waals surface area contributed by atoms with E-state index < -0.39 is 52.9 Å². The molecule has 5 nitrogen and oxygen atoms in total. The van der Waals surface area contributed by atoms with E-state index in [2.05, 4.69) is 114 Å². The van der Waals surface area contributed by atoms with Crippen LogP contribution in [-0.4, -0.2) is 40.3 Å². The molecule has 250 valence electrons. The lowest BCUT2D eigenvalue weighted by atomic mass is 9.52. The van der Waals surface area contributed by atoms with Gasteiger partial charge in [-0.15, -0.1) is 0 Å². The van der Waals surface area contributed by atoms with Crippen LogP contribution in [0, 0.1) is 11.8 Å². The van der Waals surface area contributed by atoms with Crippen molar-refractivity contribution in [1.29, 1.82) is 0 Å². The molecule has 47 heavy (non-hydrogen) atoms. The third-order valence-electron chi connectivity index (χ3n) is 8.89. The van der Waals surface area contributed by atoms with Gasteiger partial charge in [0.25, 0.3) is 10.1 Å². The molecule has 0 spiro atoms. The van der Waals surface area contributed by atoms with Gasteiger partial charge in [0.2, 0.25) is 0 Å². The normalized spacial score (nSPS) is 19.8. The summed E-state index contributed by atoms with van der Waals surface area (Å²) in [7, 11) is -6.11. The van der Waals surface area contributed by atoms with Crippen LogP contribution in [0.3, 0.4) is 0 Å². The highest BCUT2D eigenvalue weighted by atomic mass is 32.2. The van der Waals surface area contributed by atoms with Crippen molar-refractivity contribution in [2.24, 2.45) is 11.8 Å². The molecule has 1 fully saturated rings. The second-order valence-corrected chi connectivity index (χ2v) is 22.3. The molecule has 0 saturated heterocycles. The molecule has 1 saturated carbocycles. The Morgan fingerprint density at radius 2 is 0.872 bits per heavy atom. The van der Waals surface area contributed by atoms with Crippen LogP contribution in [0.1, 0.15) is 70.2 Å². The molecule has 8 heteroatoms. The van der Waals surface area contributed by atoms with Crippen LogP contribution < -0.4 is 0 Å². The Kier molecular flexibility index (Phi) is 10.5. The molecule has 0 radical (unpaired) electrons. The molecule has 0 heterocycles. The van der Waals surface area contributed by atoms with Crippen molar-refractivity contribution in [2.45, 2.75) is 75.3 Å². The van der Waals surface area contributed by atoms with Gasteiger partial charge < -0.3 is 8.85 Å². The van der Waals surface area contributed by atoms with E-state index in [-0.39, 0.29) is 16.0 Å². The Hall–Kier alpha value is -2.86. The predicted octanol–water partition coefficient (Wildman–Crippen LogP) is 7.49. The first kappa shape index (κ1) is 35.5. The van der Waals surface area contributed by atoms with Crippen molar-refractivity contribution in [3.05, 3.63) is 144 Å². The fourth-order valence-electron chi connectivity index (χ4n) is 6.98. The monoisotopic (exact) mass is 686 g/mol. The maximum atomic E-state index is 13.0. The fraction of sp³-hybridized carbons (Fsp3) is 0.385. The van der Waals surface area contributed by atoms with Gasteiger partial charge in [0.1, 0.15) is 11.2 Å². The molecule has 4 aromatic rings. The van der Waals surface area contributed by atoms with E-state index in [1.807, 2.05) is 48.5 Å². The Bertz CT molecular complexity index is 1610. The van der Waals surface area contributed by atoms with E-state index >= 15 is 0 Å². The van der Waals surface area contributed by atoms with Crippen molar-refractivity contribution >= 4 is 29.6 Å². The molecular formula is C39H50O5SSi2. The van der Waals surface area contributed by atoms with Crippen molar-refractivity contribution in [3.63, 3.8) is 0 Å². The lowest BCUT2D eigenvalue weighted by Gasteiger charge is -2.60. The predicted molar refractivity (Wildman–Crippen MR) is 197 cm³/mol. The van der Waals surface area contributed by atoms with E-state index in [0.717, 1.165) is 28.5 Å². The molecule has 5 rings (SSSR count). The second kappa shape index (κ2) is 13.9. The molecular weight excluding hydrogens is 637 g/mol. The van der Waals surface area contributed by atoms with Crippen molar-refractivity contribution in [3.8, 4) is 0 Å². The SMILES string of the molecule is CC(C)(C)[SiH2]OC(c1ccccc1)(c1ccccc1)[C@@H]1[C@@H](OS(C)(=O)=O)C[C@@H]1C(O[SiH2]C(C)(C)C)(c1ccccc1)c1ccccc1. The van der Waals surface area contributed by atoms with Gasteiger partial charge in [0.15, 0.2) is 19.5 Å². The summed E-state index contributed by atoms with van der Waals surface area (Å²) in [6, 6.07) is 41.6. The Morgan fingerprint density at radius 3 is 1.19 bits per heavy atom. The minimum absolute atomic E-state index is 0.00229. The lowest BCUT2D eigenvalue weighted by Crippen LogP contribution is -2.64. The van der Waals surface area contributed by atoms with E-state index in [1.54, 1.807) is 0 Å².